The van der Waals surface area contributed by atoms with Crippen LogP contribution in [0.5, 0.6) is 0 Å². The quantitative estimate of drug-likeness (QED) is 0.145. The Morgan fingerprint density at radius 1 is 0.242 bits per heavy atom. The van der Waals surface area contributed by atoms with E-state index in [2.05, 4.69) is 241 Å². The number of hydrogen-bond acceptors (Lipinski definition) is 2. The highest BCUT2D eigenvalue weighted by molar-refractivity contribution is 7.25. The minimum atomic E-state index is 1.10. The van der Waals surface area contributed by atoms with E-state index in [1.165, 1.54) is 97.0 Å². The van der Waals surface area contributed by atoms with E-state index in [9.17, 15) is 0 Å². The monoisotopic (exact) mass is 805 g/mol. The Labute approximate surface area is 365 Å². The fraction of sp³-hybridized carbons (Fsp3) is 0. The van der Waals surface area contributed by atoms with E-state index in [1.807, 2.05) is 11.3 Å². The minimum Gasteiger partial charge on any atom is -0.311 e. The van der Waals surface area contributed by atoms with E-state index in [-0.39, 0.29) is 0 Å². The zero-order valence-corrected chi connectivity index (χ0v) is 34.7. The second-order valence-electron chi connectivity index (χ2n) is 16.1. The summed E-state index contributed by atoms with van der Waals surface area (Å²) in [4.78, 5) is 2.37. The van der Waals surface area contributed by atoms with E-state index in [4.69, 9.17) is 0 Å². The molecule has 0 aliphatic rings. The smallest absolute Gasteiger partial charge is 0.0462 e. The van der Waals surface area contributed by atoms with Crippen molar-refractivity contribution in [2.75, 3.05) is 4.90 Å². The van der Waals surface area contributed by atoms with Crippen LogP contribution < -0.4 is 4.90 Å². The van der Waals surface area contributed by atoms with Crippen LogP contribution >= 0.6 is 11.3 Å². The maximum Gasteiger partial charge on any atom is 0.0462 e. The standard InChI is InChI=1S/C60H39NS/c1-3-12-51-43(9-1)11-7-15-52(51)45-21-19-40(20-22-45)41-23-31-48(32-24-41)61(49-33-25-42(26-34-49)47-30-38-60-58(39-47)57-14-5-6-18-59(57)62-60)50-35-27-46(28-36-50)54-16-8-17-55-53-13-4-2-10-44(53)29-37-56(54)55/h1-39H. The van der Waals surface area contributed by atoms with Crippen LogP contribution in [-0.2, 0) is 0 Å². The lowest BCUT2D eigenvalue weighted by molar-refractivity contribution is 1.28. The van der Waals surface area contributed by atoms with Crippen molar-refractivity contribution in [1.29, 1.82) is 0 Å². The molecule has 0 unspecified atom stereocenters. The second-order valence-corrected chi connectivity index (χ2v) is 17.2. The highest BCUT2D eigenvalue weighted by atomic mass is 32.1. The summed E-state index contributed by atoms with van der Waals surface area (Å²) in [6, 6.07) is 86.7. The molecule has 12 aromatic rings. The van der Waals surface area contributed by atoms with Gasteiger partial charge in [0.25, 0.3) is 0 Å². The van der Waals surface area contributed by atoms with Crippen LogP contribution in [0.3, 0.4) is 0 Å². The number of nitrogens with zero attached hydrogens (tertiary/aromatic N) is 1. The molecule has 0 spiro atoms. The second kappa shape index (κ2) is 15.0. The zero-order valence-electron chi connectivity index (χ0n) is 33.9. The van der Waals surface area contributed by atoms with Crippen molar-refractivity contribution in [2.45, 2.75) is 0 Å². The van der Waals surface area contributed by atoms with Crippen LogP contribution in [0, 0.1) is 0 Å². The molecule has 0 fully saturated rings. The topological polar surface area (TPSA) is 3.24 Å². The molecule has 2 heteroatoms. The number of thiophene rings is 1. The summed E-state index contributed by atoms with van der Waals surface area (Å²) < 4.78 is 2.65. The van der Waals surface area contributed by atoms with Crippen molar-refractivity contribution in [1.82, 2.24) is 0 Å². The lowest BCUT2D eigenvalue weighted by atomic mass is 9.94. The molecule has 0 saturated heterocycles. The van der Waals surface area contributed by atoms with Crippen LogP contribution in [0.1, 0.15) is 0 Å². The van der Waals surface area contributed by atoms with Gasteiger partial charge in [0.2, 0.25) is 0 Å². The third-order valence-electron chi connectivity index (χ3n) is 12.5. The van der Waals surface area contributed by atoms with Gasteiger partial charge in [-0.15, -0.1) is 11.3 Å². The number of fused-ring (bicyclic) bond motifs is 7. The summed E-state index contributed by atoms with van der Waals surface area (Å²) in [5.74, 6) is 0. The average Bonchev–Trinajstić information content (AvgIpc) is 3.72. The number of anilines is 3. The summed E-state index contributed by atoms with van der Waals surface area (Å²) in [6.07, 6.45) is 0. The fourth-order valence-electron chi connectivity index (χ4n) is 9.36. The Hall–Kier alpha value is -7.78. The molecule has 1 nitrogen and oxygen atoms in total. The van der Waals surface area contributed by atoms with E-state index >= 15 is 0 Å². The SMILES string of the molecule is c1ccc2c(-c3ccc(-c4ccc(N(c5ccc(-c6ccc7sc8ccccc8c7c6)cc5)c5ccc(-c6cccc7c6ccc6ccccc67)cc5)cc4)cc3)cccc2c1. The molecule has 0 amide bonds. The Morgan fingerprint density at radius 3 is 1.35 bits per heavy atom. The first-order chi connectivity index (χ1) is 30.7. The van der Waals surface area contributed by atoms with Crippen molar-refractivity contribution in [3.8, 4) is 44.5 Å². The molecule has 11 aromatic carbocycles. The van der Waals surface area contributed by atoms with E-state index in [0.29, 0.717) is 0 Å². The fourth-order valence-corrected chi connectivity index (χ4v) is 10.4. The molecular weight excluding hydrogens is 767 g/mol. The van der Waals surface area contributed by atoms with Gasteiger partial charge in [0, 0.05) is 37.2 Å². The van der Waals surface area contributed by atoms with Gasteiger partial charge in [0.05, 0.1) is 0 Å². The van der Waals surface area contributed by atoms with Crippen LogP contribution in [0.25, 0.3) is 97.0 Å². The van der Waals surface area contributed by atoms with Crippen molar-refractivity contribution < 1.29 is 0 Å². The summed E-state index contributed by atoms with van der Waals surface area (Å²) in [5.41, 5.74) is 13.0. The predicted molar refractivity (Wildman–Crippen MR) is 268 cm³/mol. The van der Waals surface area contributed by atoms with Crippen LogP contribution in [0.15, 0.2) is 237 Å². The number of benzene rings is 11. The van der Waals surface area contributed by atoms with Crippen molar-refractivity contribution in [3.63, 3.8) is 0 Å². The van der Waals surface area contributed by atoms with Gasteiger partial charge in [-0.2, -0.15) is 0 Å². The highest BCUT2D eigenvalue weighted by Gasteiger charge is 2.16. The first kappa shape index (κ1) is 36.1. The van der Waals surface area contributed by atoms with E-state index in [0.717, 1.165) is 17.1 Å². The molecule has 0 aliphatic carbocycles. The van der Waals surface area contributed by atoms with Gasteiger partial charge < -0.3 is 4.90 Å². The predicted octanol–water partition coefficient (Wildman–Crippen LogP) is 17.7. The molecule has 0 bridgehead atoms. The number of rotatable bonds is 7. The Morgan fingerprint density at radius 2 is 0.677 bits per heavy atom. The maximum atomic E-state index is 2.37. The molecule has 0 N–H and O–H groups in total. The largest absolute Gasteiger partial charge is 0.311 e. The molecule has 1 aromatic heterocycles. The molecule has 0 atom stereocenters. The third-order valence-corrected chi connectivity index (χ3v) is 13.7. The van der Waals surface area contributed by atoms with Gasteiger partial charge in [-0.3, -0.25) is 0 Å². The summed E-state index contributed by atoms with van der Waals surface area (Å²) >= 11 is 1.86. The normalized spacial score (nSPS) is 11.5. The minimum absolute atomic E-state index is 1.10. The molecule has 0 saturated carbocycles. The highest BCUT2D eigenvalue weighted by Crippen LogP contribution is 2.41. The van der Waals surface area contributed by atoms with Crippen LogP contribution in [-0.4, -0.2) is 0 Å². The molecule has 12 rings (SSSR count). The van der Waals surface area contributed by atoms with Gasteiger partial charge in [0.1, 0.15) is 0 Å². The van der Waals surface area contributed by atoms with Crippen LogP contribution in [0.2, 0.25) is 0 Å². The molecule has 0 aliphatic heterocycles. The molecular formula is C60H39NS. The van der Waals surface area contributed by atoms with Gasteiger partial charge in [-0.1, -0.05) is 182 Å². The van der Waals surface area contributed by atoms with Gasteiger partial charge in [0.15, 0.2) is 0 Å². The molecule has 290 valence electrons. The van der Waals surface area contributed by atoms with Gasteiger partial charge in [-0.05, 0) is 131 Å². The lowest BCUT2D eigenvalue weighted by Gasteiger charge is -2.26. The zero-order chi connectivity index (χ0) is 41.0. The molecule has 62 heavy (non-hydrogen) atoms. The van der Waals surface area contributed by atoms with Crippen molar-refractivity contribution >= 4 is 80.9 Å². The lowest BCUT2D eigenvalue weighted by Crippen LogP contribution is -2.09. The maximum absolute atomic E-state index is 2.37. The van der Waals surface area contributed by atoms with Crippen molar-refractivity contribution in [2.24, 2.45) is 0 Å². The summed E-state index contributed by atoms with van der Waals surface area (Å²) in [7, 11) is 0. The first-order valence-corrected chi connectivity index (χ1v) is 22.0. The van der Waals surface area contributed by atoms with Gasteiger partial charge >= 0.3 is 0 Å². The Bertz CT molecular complexity index is 3590. The summed E-state index contributed by atoms with van der Waals surface area (Å²) in [5, 5.41) is 10.3. The third kappa shape index (κ3) is 6.32. The number of hydrogen-bond donors (Lipinski definition) is 0. The Kier molecular flexibility index (Phi) is 8.76. The Balaban J connectivity index is 0.905. The molecule has 0 radical (unpaired) electrons. The first-order valence-electron chi connectivity index (χ1n) is 21.2. The van der Waals surface area contributed by atoms with Crippen molar-refractivity contribution in [3.05, 3.63) is 237 Å². The van der Waals surface area contributed by atoms with E-state index in [1.54, 1.807) is 0 Å². The summed E-state index contributed by atoms with van der Waals surface area (Å²) in [6.45, 7) is 0. The van der Waals surface area contributed by atoms with Gasteiger partial charge in [-0.25, -0.2) is 0 Å². The van der Waals surface area contributed by atoms with Crippen LogP contribution in [0.4, 0.5) is 17.1 Å². The molecule has 1 heterocycles. The van der Waals surface area contributed by atoms with E-state index < -0.39 is 0 Å². The average molecular weight is 806 g/mol.